The molecule has 224 valence electrons. The molecule has 0 fully saturated rings. The maximum atomic E-state index is 12.3. The SMILES string of the molecule is CC(=O)c1cc(C)c(O)c(Cc2[nH]c3cc(-c4ccc5c(c4)CCO5)ccc3c2Cc2c(O)c(C)cc(C(C)=O)c2O)c1O. The normalized spacial score (nSPS) is 12.4. The fraction of sp³-hybridized carbons (Fsp3) is 0.222. The summed E-state index contributed by atoms with van der Waals surface area (Å²) in [5.41, 5.74) is 6.70. The van der Waals surface area contributed by atoms with Crippen LogP contribution in [0.25, 0.3) is 22.0 Å². The van der Waals surface area contributed by atoms with Crippen LogP contribution in [0.1, 0.15) is 73.6 Å². The fourth-order valence-corrected chi connectivity index (χ4v) is 6.17. The van der Waals surface area contributed by atoms with E-state index in [4.69, 9.17) is 4.74 Å². The summed E-state index contributed by atoms with van der Waals surface area (Å²) in [4.78, 5) is 28.0. The van der Waals surface area contributed by atoms with Gasteiger partial charge in [0.25, 0.3) is 0 Å². The molecule has 0 amide bonds. The Labute approximate surface area is 254 Å². The van der Waals surface area contributed by atoms with Gasteiger partial charge in [0.05, 0.1) is 17.7 Å². The minimum absolute atomic E-state index is 0.0298. The van der Waals surface area contributed by atoms with Crippen LogP contribution in [-0.4, -0.2) is 43.6 Å². The number of hydrogen-bond donors (Lipinski definition) is 5. The van der Waals surface area contributed by atoms with Gasteiger partial charge in [-0.2, -0.15) is 0 Å². The lowest BCUT2D eigenvalue weighted by atomic mass is 9.92. The van der Waals surface area contributed by atoms with Gasteiger partial charge >= 0.3 is 0 Å². The number of aryl methyl sites for hydroxylation is 2. The number of phenols is 4. The first kappa shape index (κ1) is 28.9. The van der Waals surface area contributed by atoms with Gasteiger partial charge in [-0.15, -0.1) is 0 Å². The number of carbonyl (C=O) groups is 2. The Hall–Kier alpha value is -5.24. The summed E-state index contributed by atoms with van der Waals surface area (Å²) in [6.45, 7) is 6.70. The Morgan fingerprint density at radius 2 is 1.30 bits per heavy atom. The van der Waals surface area contributed by atoms with Crippen molar-refractivity contribution in [2.45, 2.75) is 47.0 Å². The zero-order valence-corrected chi connectivity index (χ0v) is 25.0. The Morgan fingerprint density at radius 3 is 1.91 bits per heavy atom. The van der Waals surface area contributed by atoms with Crippen molar-refractivity contribution >= 4 is 22.5 Å². The predicted molar refractivity (Wildman–Crippen MR) is 168 cm³/mol. The molecule has 0 aliphatic carbocycles. The van der Waals surface area contributed by atoms with Crippen LogP contribution in [0.2, 0.25) is 0 Å². The Balaban J connectivity index is 1.54. The molecule has 5 N–H and O–H groups in total. The summed E-state index contributed by atoms with van der Waals surface area (Å²) in [6, 6.07) is 15.0. The quantitative estimate of drug-likeness (QED) is 0.131. The van der Waals surface area contributed by atoms with E-state index >= 15 is 0 Å². The standard InChI is InChI=1S/C36H33NO7/c1-17-11-25(19(3)38)35(42)28(33(17)40)15-27-24-7-5-22(21-6-8-32-23(13-21)9-10-44-32)14-30(24)37-31(27)16-29-34(41)18(2)12-26(20(4)39)36(29)43/h5-8,11-14,37,40-43H,9-10,15-16H2,1-4H3. The summed E-state index contributed by atoms with van der Waals surface area (Å²) in [5.74, 6) is -0.613. The second-order valence-electron chi connectivity index (χ2n) is 11.6. The third kappa shape index (κ3) is 4.82. The van der Waals surface area contributed by atoms with Crippen molar-refractivity contribution in [3.63, 3.8) is 0 Å². The Morgan fingerprint density at radius 1 is 0.727 bits per heavy atom. The molecular weight excluding hydrogens is 558 g/mol. The number of aromatic nitrogens is 1. The van der Waals surface area contributed by atoms with E-state index in [0.717, 1.165) is 39.8 Å². The molecule has 5 aromatic rings. The number of fused-ring (bicyclic) bond motifs is 2. The summed E-state index contributed by atoms with van der Waals surface area (Å²) in [5, 5.41) is 44.9. The molecule has 8 heteroatoms. The second kappa shape index (κ2) is 10.8. The topological polar surface area (TPSA) is 140 Å². The van der Waals surface area contributed by atoms with Crippen LogP contribution in [0.4, 0.5) is 0 Å². The van der Waals surface area contributed by atoms with Crippen LogP contribution in [0, 0.1) is 13.8 Å². The first-order valence-electron chi connectivity index (χ1n) is 14.4. The number of ether oxygens (including phenoxy) is 1. The minimum atomic E-state index is -0.334. The highest BCUT2D eigenvalue weighted by molar-refractivity contribution is 5.99. The van der Waals surface area contributed by atoms with Crippen LogP contribution in [-0.2, 0) is 19.3 Å². The van der Waals surface area contributed by atoms with Crippen LogP contribution in [0.5, 0.6) is 28.7 Å². The first-order chi connectivity index (χ1) is 20.9. The number of carbonyl (C=O) groups excluding carboxylic acids is 2. The number of aromatic hydroxyl groups is 4. The van der Waals surface area contributed by atoms with Gasteiger partial charge in [0.15, 0.2) is 11.6 Å². The Kier molecular flexibility index (Phi) is 7.08. The van der Waals surface area contributed by atoms with E-state index in [-0.39, 0.29) is 69.7 Å². The number of ketones is 2. The zero-order chi connectivity index (χ0) is 31.4. The number of nitrogens with one attached hydrogen (secondary N) is 1. The molecule has 8 nitrogen and oxygen atoms in total. The number of Topliss-reactive ketones (excluding diaryl/α,β-unsaturated/α-hetero) is 2. The molecular formula is C36H33NO7. The zero-order valence-electron chi connectivity index (χ0n) is 25.0. The maximum absolute atomic E-state index is 12.3. The molecule has 2 heterocycles. The van der Waals surface area contributed by atoms with E-state index in [2.05, 4.69) is 11.1 Å². The minimum Gasteiger partial charge on any atom is -0.507 e. The number of benzene rings is 4. The number of rotatable bonds is 7. The van der Waals surface area contributed by atoms with Gasteiger partial charge in [0, 0.05) is 47.0 Å². The summed E-state index contributed by atoms with van der Waals surface area (Å²) in [7, 11) is 0. The van der Waals surface area contributed by atoms with Crippen LogP contribution in [0.3, 0.4) is 0 Å². The van der Waals surface area contributed by atoms with Crippen molar-refractivity contribution in [3.05, 3.63) is 98.7 Å². The average molecular weight is 592 g/mol. The molecule has 0 spiro atoms. The van der Waals surface area contributed by atoms with Crippen LogP contribution < -0.4 is 4.74 Å². The van der Waals surface area contributed by atoms with Gasteiger partial charge in [0.2, 0.25) is 0 Å². The van der Waals surface area contributed by atoms with Crippen molar-refractivity contribution < 1.29 is 34.8 Å². The van der Waals surface area contributed by atoms with E-state index in [1.165, 1.54) is 26.0 Å². The lowest BCUT2D eigenvalue weighted by Crippen LogP contribution is -2.03. The van der Waals surface area contributed by atoms with Gasteiger partial charge in [0.1, 0.15) is 28.7 Å². The Bertz CT molecular complexity index is 2020. The van der Waals surface area contributed by atoms with Gasteiger partial charge in [-0.3, -0.25) is 9.59 Å². The van der Waals surface area contributed by atoms with E-state index in [1.54, 1.807) is 13.8 Å². The number of phenolic OH excluding ortho intramolecular Hbond substituents is 4. The molecule has 4 aromatic carbocycles. The fourth-order valence-electron chi connectivity index (χ4n) is 6.17. The number of H-pyrrole nitrogens is 1. The van der Waals surface area contributed by atoms with E-state index in [1.807, 2.05) is 30.3 Å². The molecule has 1 aliphatic rings. The molecule has 0 saturated heterocycles. The van der Waals surface area contributed by atoms with E-state index in [0.29, 0.717) is 29.0 Å². The highest BCUT2D eigenvalue weighted by Crippen LogP contribution is 2.41. The second-order valence-corrected chi connectivity index (χ2v) is 11.6. The van der Waals surface area contributed by atoms with Gasteiger partial charge in [-0.1, -0.05) is 18.2 Å². The van der Waals surface area contributed by atoms with Crippen LogP contribution in [0.15, 0.2) is 48.5 Å². The lowest BCUT2D eigenvalue weighted by Gasteiger charge is -2.15. The number of hydrogen-bond acceptors (Lipinski definition) is 7. The monoisotopic (exact) mass is 591 g/mol. The molecule has 1 aliphatic heterocycles. The lowest BCUT2D eigenvalue weighted by molar-refractivity contribution is 0.100. The third-order valence-electron chi connectivity index (χ3n) is 8.61. The van der Waals surface area contributed by atoms with Crippen molar-refractivity contribution in [1.82, 2.24) is 4.98 Å². The molecule has 6 rings (SSSR count). The largest absolute Gasteiger partial charge is 0.507 e. The molecule has 1 aromatic heterocycles. The molecule has 0 radical (unpaired) electrons. The van der Waals surface area contributed by atoms with Gasteiger partial charge in [-0.05, 0) is 91.4 Å². The van der Waals surface area contributed by atoms with Crippen LogP contribution >= 0.6 is 0 Å². The van der Waals surface area contributed by atoms with E-state index < -0.39 is 0 Å². The third-order valence-corrected chi connectivity index (χ3v) is 8.61. The molecule has 44 heavy (non-hydrogen) atoms. The average Bonchev–Trinajstić information content (AvgIpc) is 3.60. The highest BCUT2D eigenvalue weighted by Gasteiger charge is 2.25. The van der Waals surface area contributed by atoms with Gasteiger partial charge < -0.3 is 30.1 Å². The van der Waals surface area contributed by atoms with Crippen molar-refractivity contribution in [3.8, 4) is 39.9 Å². The van der Waals surface area contributed by atoms with Crippen molar-refractivity contribution in [2.75, 3.05) is 6.61 Å². The predicted octanol–water partition coefficient (Wildman–Crippen LogP) is 6.80. The summed E-state index contributed by atoms with van der Waals surface area (Å²) in [6.07, 6.45) is 0.930. The summed E-state index contributed by atoms with van der Waals surface area (Å²) >= 11 is 0. The molecule has 0 saturated carbocycles. The smallest absolute Gasteiger partial charge is 0.163 e. The summed E-state index contributed by atoms with van der Waals surface area (Å²) < 4.78 is 5.66. The van der Waals surface area contributed by atoms with E-state index in [9.17, 15) is 30.0 Å². The molecule has 0 unspecified atom stereocenters. The van der Waals surface area contributed by atoms with Crippen molar-refractivity contribution in [2.24, 2.45) is 0 Å². The molecule has 0 atom stereocenters. The number of aromatic amines is 1. The van der Waals surface area contributed by atoms with Crippen molar-refractivity contribution in [1.29, 1.82) is 0 Å². The maximum Gasteiger partial charge on any atom is 0.163 e. The molecule has 0 bridgehead atoms. The highest BCUT2D eigenvalue weighted by atomic mass is 16.5. The first-order valence-corrected chi connectivity index (χ1v) is 14.4. The van der Waals surface area contributed by atoms with Gasteiger partial charge in [-0.25, -0.2) is 0 Å².